The lowest BCUT2D eigenvalue weighted by Crippen LogP contribution is -1.89. The number of hydrogen-bond acceptors (Lipinski definition) is 2. The number of rotatable bonds is 10. The first-order chi connectivity index (χ1) is 14.8. The van der Waals surface area contributed by atoms with Crippen LogP contribution in [0.25, 0.3) is 0 Å². The highest BCUT2D eigenvalue weighted by Crippen LogP contribution is 2.09. The van der Waals surface area contributed by atoms with Crippen LogP contribution in [0.1, 0.15) is 33.4 Å². The van der Waals surface area contributed by atoms with Gasteiger partial charge in [0.25, 0.3) is 0 Å². The summed E-state index contributed by atoms with van der Waals surface area (Å²) < 4.78 is 0. The molecule has 3 aromatic carbocycles. The highest BCUT2D eigenvalue weighted by Gasteiger charge is 1.95. The van der Waals surface area contributed by atoms with Gasteiger partial charge in [-0.1, -0.05) is 84.9 Å². The van der Waals surface area contributed by atoms with Gasteiger partial charge in [-0.25, -0.2) is 0 Å². The first-order valence-electron chi connectivity index (χ1n) is 10.2. The Bertz CT molecular complexity index is 908. The van der Waals surface area contributed by atoms with Crippen molar-refractivity contribution in [3.05, 3.63) is 131 Å². The highest BCUT2D eigenvalue weighted by atomic mass is 14.7. The van der Waals surface area contributed by atoms with Gasteiger partial charge in [-0.15, -0.1) is 13.2 Å². The van der Waals surface area contributed by atoms with Crippen LogP contribution >= 0.6 is 0 Å². The fraction of sp³-hybridized carbons (Fsp3) is 0.143. The van der Waals surface area contributed by atoms with Crippen LogP contribution in [0.4, 0.5) is 0 Å². The van der Waals surface area contributed by atoms with E-state index >= 15 is 0 Å². The second-order valence-corrected chi connectivity index (χ2v) is 7.22. The lowest BCUT2D eigenvalue weighted by atomic mass is 10.1. The maximum Gasteiger partial charge on any atom is 0.0639 e. The van der Waals surface area contributed by atoms with Crippen LogP contribution in [0.3, 0.4) is 0 Å². The maximum absolute atomic E-state index is 4.56. The average molecular weight is 393 g/mol. The van der Waals surface area contributed by atoms with E-state index in [0.29, 0.717) is 13.1 Å². The van der Waals surface area contributed by atoms with E-state index in [-0.39, 0.29) is 0 Å². The van der Waals surface area contributed by atoms with Crippen LogP contribution in [-0.2, 0) is 25.9 Å². The summed E-state index contributed by atoms with van der Waals surface area (Å²) in [6, 6.07) is 25.3. The number of allylic oxidation sites excluding steroid dienone is 2. The zero-order valence-corrected chi connectivity index (χ0v) is 17.4. The molecule has 0 N–H and O–H groups in total. The molecule has 0 radical (unpaired) electrons. The largest absolute Gasteiger partial charge is 0.288 e. The van der Waals surface area contributed by atoms with Crippen LogP contribution in [-0.4, -0.2) is 12.4 Å². The summed E-state index contributed by atoms with van der Waals surface area (Å²) >= 11 is 0. The van der Waals surface area contributed by atoms with E-state index in [1.54, 1.807) is 0 Å². The summed E-state index contributed by atoms with van der Waals surface area (Å²) in [5.74, 6) is 0. The minimum atomic E-state index is 0.676. The molecule has 3 rings (SSSR count). The van der Waals surface area contributed by atoms with Crippen LogP contribution in [0.15, 0.2) is 108 Å². The predicted octanol–water partition coefficient (Wildman–Crippen LogP) is 6.38. The van der Waals surface area contributed by atoms with Crippen molar-refractivity contribution in [2.24, 2.45) is 9.98 Å². The van der Waals surface area contributed by atoms with Gasteiger partial charge in [0.05, 0.1) is 13.1 Å². The molecule has 0 aliphatic heterocycles. The van der Waals surface area contributed by atoms with Crippen molar-refractivity contribution in [2.75, 3.05) is 0 Å². The van der Waals surface area contributed by atoms with Gasteiger partial charge in [0.1, 0.15) is 0 Å². The van der Waals surface area contributed by atoms with Crippen molar-refractivity contribution in [1.82, 2.24) is 0 Å². The Kier molecular flexibility index (Phi) is 8.11. The molecule has 0 saturated heterocycles. The predicted molar refractivity (Wildman–Crippen MR) is 130 cm³/mol. The second kappa shape index (κ2) is 11.5. The summed E-state index contributed by atoms with van der Waals surface area (Å²) in [5.41, 5.74) is 7.16. The quantitative estimate of drug-likeness (QED) is 0.282. The molecule has 0 atom stereocenters. The third kappa shape index (κ3) is 6.82. The van der Waals surface area contributed by atoms with Crippen molar-refractivity contribution >= 4 is 12.4 Å². The average Bonchev–Trinajstić information content (AvgIpc) is 2.78. The zero-order valence-electron chi connectivity index (χ0n) is 17.4. The summed E-state index contributed by atoms with van der Waals surface area (Å²) in [6.07, 6.45) is 9.48. The number of hydrogen-bond donors (Lipinski definition) is 0. The molecule has 3 aromatic rings. The van der Waals surface area contributed by atoms with Crippen molar-refractivity contribution in [3.8, 4) is 0 Å². The first kappa shape index (κ1) is 21.2. The van der Waals surface area contributed by atoms with E-state index < -0.39 is 0 Å². The number of benzene rings is 3. The summed E-state index contributed by atoms with van der Waals surface area (Å²) in [4.78, 5) is 9.12. The van der Waals surface area contributed by atoms with E-state index in [2.05, 4.69) is 95.9 Å². The lowest BCUT2D eigenvalue weighted by molar-refractivity contribution is 1.04. The minimum Gasteiger partial charge on any atom is -0.288 e. The van der Waals surface area contributed by atoms with E-state index in [0.717, 1.165) is 24.0 Å². The number of nitrogens with zero attached hydrogens (tertiary/aromatic N) is 2. The van der Waals surface area contributed by atoms with E-state index in [9.17, 15) is 0 Å². The molecule has 0 aromatic heterocycles. The second-order valence-electron chi connectivity index (χ2n) is 7.22. The topological polar surface area (TPSA) is 24.7 Å². The van der Waals surface area contributed by atoms with Gasteiger partial charge in [0.2, 0.25) is 0 Å². The molecular weight excluding hydrogens is 364 g/mol. The Labute approximate surface area is 180 Å². The van der Waals surface area contributed by atoms with Gasteiger partial charge in [-0.05, 0) is 46.2 Å². The molecule has 2 nitrogen and oxygen atoms in total. The van der Waals surface area contributed by atoms with Gasteiger partial charge in [-0.3, -0.25) is 9.98 Å². The minimum absolute atomic E-state index is 0.676. The Morgan fingerprint density at radius 2 is 0.833 bits per heavy atom. The molecule has 30 heavy (non-hydrogen) atoms. The van der Waals surface area contributed by atoms with Crippen molar-refractivity contribution in [2.45, 2.75) is 25.9 Å². The molecule has 0 saturated carbocycles. The van der Waals surface area contributed by atoms with Crippen LogP contribution in [0.5, 0.6) is 0 Å². The molecule has 2 heteroatoms. The summed E-state index contributed by atoms with van der Waals surface area (Å²) in [6.45, 7) is 8.89. The monoisotopic (exact) mass is 392 g/mol. The van der Waals surface area contributed by atoms with Crippen LogP contribution < -0.4 is 0 Å². The highest BCUT2D eigenvalue weighted by molar-refractivity contribution is 5.80. The first-order valence-corrected chi connectivity index (χ1v) is 10.2. The summed E-state index contributed by atoms with van der Waals surface area (Å²) in [7, 11) is 0. The SMILES string of the molecule is C=CCc1ccc(C=NCc2ccc(CN=Cc3ccc(CC=C)cc3)cc2)cc1. The third-order valence-electron chi connectivity index (χ3n) is 4.77. The van der Waals surface area contributed by atoms with Gasteiger partial charge in [0, 0.05) is 12.4 Å². The fourth-order valence-corrected chi connectivity index (χ4v) is 3.08. The normalized spacial score (nSPS) is 11.2. The molecule has 150 valence electrons. The maximum atomic E-state index is 4.56. The van der Waals surface area contributed by atoms with Crippen molar-refractivity contribution in [1.29, 1.82) is 0 Å². The van der Waals surface area contributed by atoms with Crippen molar-refractivity contribution in [3.63, 3.8) is 0 Å². The molecule has 0 bridgehead atoms. The zero-order chi connectivity index (χ0) is 21.0. The molecule has 0 aliphatic rings. The van der Waals surface area contributed by atoms with Gasteiger partial charge < -0.3 is 0 Å². The molecular formula is C28H28N2. The van der Waals surface area contributed by atoms with Gasteiger partial charge in [-0.2, -0.15) is 0 Å². The molecule has 0 amide bonds. The van der Waals surface area contributed by atoms with Gasteiger partial charge >= 0.3 is 0 Å². The lowest BCUT2D eigenvalue weighted by Gasteiger charge is -2.01. The van der Waals surface area contributed by atoms with E-state index in [4.69, 9.17) is 0 Å². The Morgan fingerprint density at radius 1 is 0.500 bits per heavy atom. The molecule has 0 fully saturated rings. The molecule has 0 aliphatic carbocycles. The van der Waals surface area contributed by atoms with Gasteiger partial charge in [0.15, 0.2) is 0 Å². The Morgan fingerprint density at radius 3 is 1.17 bits per heavy atom. The Balaban J connectivity index is 1.48. The van der Waals surface area contributed by atoms with Crippen LogP contribution in [0.2, 0.25) is 0 Å². The smallest absolute Gasteiger partial charge is 0.0639 e. The molecule has 0 heterocycles. The fourth-order valence-electron chi connectivity index (χ4n) is 3.08. The third-order valence-corrected chi connectivity index (χ3v) is 4.77. The summed E-state index contributed by atoms with van der Waals surface area (Å²) in [5, 5.41) is 0. The standard InChI is InChI=1S/C28H28N2/c1-3-5-23-7-11-25(12-8-23)19-29-21-27-15-17-28(18-16-27)22-30-20-26-13-9-24(6-4-2)10-14-26/h3-4,7-20H,1-2,5-6,21-22H2. The van der Waals surface area contributed by atoms with E-state index in [1.165, 1.54) is 22.3 Å². The Hall–Kier alpha value is -3.52. The molecule has 0 spiro atoms. The number of aliphatic imine (C=N–C) groups is 2. The molecule has 0 unspecified atom stereocenters. The van der Waals surface area contributed by atoms with Crippen LogP contribution in [0, 0.1) is 0 Å². The van der Waals surface area contributed by atoms with E-state index in [1.807, 2.05) is 24.6 Å². The van der Waals surface area contributed by atoms with Crippen molar-refractivity contribution < 1.29 is 0 Å².